The summed E-state index contributed by atoms with van der Waals surface area (Å²) in [6.45, 7) is 1.77. The van der Waals surface area contributed by atoms with Crippen LogP contribution in [0.25, 0.3) is 0 Å². The highest BCUT2D eigenvalue weighted by Crippen LogP contribution is 2.46. The average molecular weight is 420 g/mol. The van der Waals surface area contributed by atoms with E-state index in [2.05, 4.69) is 0 Å². The highest BCUT2D eigenvalue weighted by atomic mass is 32.2. The molecule has 152 valence electrons. The SMILES string of the molecule is CC1=C(C(=O)OCc2ccccc2)C(c2ccccc2)N1S(=O)(=O)c1ccccc1. The van der Waals surface area contributed by atoms with Crippen LogP contribution in [0, 0.1) is 0 Å². The number of allylic oxidation sites excluding steroid dienone is 1. The molecule has 0 spiro atoms. The molecule has 0 aliphatic carbocycles. The third-order valence-corrected chi connectivity index (χ3v) is 6.95. The van der Waals surface area contributed by atoms with E-state index in [0.29, 0.717) is 16.8 Å². The van der Waals surface area contributed by atoms with Gasteiger partial charge in [0.2, 0.25) is 0 Å². The number of esters is 1. The van der Waals surface area contributed by atoms with Crippen LogP contribution in [-0.4, -0.2) is 18.7 Å². The molecule has 0 aromatic heterocycles. The van der Waals surface area contributed by atoms with E-state index in [1.54, 1.807) is 37.3 Å². The fourth-order valence-corrected chi connectivity index (χ4v) is 5.28. The summed E-state index contributed by atoms with van der Waals surface area (Å²) in [4.78, 5) is 13.1. The number of ether oxygens (including phenoxy) is 1. The van der Waals surface area contributed by atoms with Gasteiger partial charge < -0.3 is 4.74 Å². The summed E-state index contributed by atoms with van der Waals surface area (Å²) in [5.41, 5.74) is 2.32. The number of nitrogens with zero attached hydrogens (tertiary/aromatic N) is 1. The molecular formula is C24H21NO4S. The lowest BCUT2D eigenvalue weighted by Gasteiger charge is -2.43. The van der Waals surface area contributed by atoms with E-state index in [9.17, 15) is 13.2 Å². The van der Waals surface area contributed by atoms with Crippen molar-refractivity contribution in [1.82, 2.24) is 4.31 Å². The molecule has 4 rings (SSSR count). The maximum absolute atomic E-state index is 13.3. The molecule has 6 heteroatoms. The van der Waals surface area contributed by atoms with Gasteiger partial charge in [-0.15, -0.1) is 0 Å². The van der Waals surface area contributed by atoms with Crippen LogP contribution in [0.2, 0.25) is 0 Å². The van der Waals surface area contributed by atoms with E-state index in [-0.39, 0.29) is 11.5 Å². The average Bonchev–Trinajstić information content (AvgIpc) is 2.77. The maximum atomic E-state index is 13.3. The van der Waals surface area contributed by atoms with E-state index >= 15 is 0 Å². The molecule has 0 fully saturated rings. The minimum absolute atomic E-state index is 0.128. The Balaban J connectivity index is 1.68. The van der Waals surface area contributed by atoms with Crippen LogP contribution < -0.4 is 0 Å². The molecule has 1 aliphatic rings. The molecule has 1 unspecified atom stereocenters. The largest absolute Gasteiger partial charge is 0.457 e. The number of sulfonamides is 1. The second kappa shape index (κ2) is 8.16. The van der Waals surface area contributed by atoms with Gasteiger partial charge in [0.05, 0.1) is 10.5 Å². The molecule has 0 saturated heterocycles. The fraction of sp³-hybridized carbons (Fsp3) is 0.125. The van der Waals surface area contributed by atoms with Gasteiger partial charge >= 0.3 is 5.97 Å². The minimum Gasteiger partial charge on any atom is -0.457 e. The Labute approximate surface area is 176 Å². The Bertz CT molecular complexity index is 1170. The van der Waals surface area contributed by atoms with Gasteiger partial charge in [-0.3, -0.25) is 4.31 Å². The Kier molecular flexibility index (Phi) is 5.42. The lowest BCUT2D eigenvalue weighted by atomic mass is 9.90. The first-order valence-corrected chi connectivity index (χ1v) is 11.0. The van der Waals surface area contributed by atoms with Crippen LogP contribution in [-0.2, 0) is 26.2 Å². The highest BCUT2D eigenvalue weighted by molar-refractivity contribution is 7.89. The molecule has 0 saturated carbocycles. The molecule has 0 N–H and O–H groups in total. The first-order valence-electron chi connectivity index (χ1n) is 9.56. The van der Waals surface area contributed by atoms with Gasteiger partial charge in [-0.1, -0.05) is 78.9 Å². The Hall–Kier alpha value is -3.38. The van der Waals surface area contributed by atoms with Gasteiger partial charge in [0.1, 0.15) is 12.6 Å². The quantitative estimate of drug-likeness (QED) is 0.554. The van der Waals surface area contributed by atoms with Gasteiger partial charge in [0.25, 0.3) is 10.0 Å². The van der Waals surface area contributed by atoms with Gasteiger partial charge in [0.15, 0.2) is 0 Å². The number of carbonyl (C=O) groups is 1. The van der Waals surface area contributed by atoms with Crippen LogP contribution >= 0.6 is 0 Å². The van der Waals surface area contributed by atoms with Crippen LogP contribution in [0.5, 0.6) is 0 Å². The summed E-state index contributed by atoms with van der Waals surface area (Å²) >= 11 is 0. The van der Waals surface area contributed by atoms with Crippen LogP contribution in [0.4, 0.5) is 0 Å². The van der Waals surface area contributed by atoms with Crippen molar-refractivity contribution in [1.29, 1.82) is 0 Å². The third-order valence-electron chi connectivity index (χ3n) is 5.08. The molecule has 0 radical (unpaired) electrons. The smallest absolute Gasteiger partial charge is 0.338 e. The monoisotopic (exact) mass is 419 g/mol. The lowest BCUT2D eigenvalue weighted by Crippen LogP contribution is -2.45. The maximum Gasteiger partial charge on any atom is 0.338 e. The molecule has 0 amide bonds. The molecule has 30 heavy (non-hydrogen) atoms. The van der Waals surface area contributed by atoms with Crippen molar-refractivity contribution < 1.29 is 17.9 Å². The number of hydrogen-bond acceptors (Lipinski definition) is 4. The zero-order valence-corrected chi connectivity index (χ0v) is 17.2. The van der Waals surface area contributed by atoms with E-state index in [1.807, 2.05) is 60.7 Å². The third kappa shape index (κ3) is 3.62. The molecule has 1 heterocycles. The summed E-state index contributed by atoms with van der Waals surface area (Å²) in [5.74, 6) is -0.510. The van der Waals surface area contributed by atoms with Crippen molar-refractivity contribution in [2.45, 2.75) is 24.5 Å². The minimum atomic E-state index is -3.81. The Morgan fingerprint density at radius 3 is 2.00 bits per heavy atom. The Morgan fingerprint density at radius 1 is 0.867 bits per heavy atom. The van der Waals surface area contributed by atoms with Crippen molar-refractivity contribution in [3.05, 3.63) is 113 Å². The van der Waals surface area contributed by atoms with Gasteiger partial charge in [-0.25, -0.2) is 13.2 Å². The van der Waals surface area contributed by atoms with Gasteiger partial charge in [0, 0.05) is 5.70 Å². The van der Waals surface area contributed by atoms with Crippen molar-refractivity contribution in [3.63, 3.8) is 0 Å². The fourth-order valence-electron chi connectivity index (χ4n) is 3.58. The van der Waals surface area contributed by atoms with E-state index < -0.39 is 22.0 Å². The molecule has 3 aromatic rings. The van der Waals surface area contributed by atoms with E-state index in [0.717, 1.165) is 5.56 Å². The Morgan fingerprint density at radius 2 is 1.40 bits per heavy atom. The first kappa shape index (κ1) is 19.9. The summed E-state index contributed by atoms with van der Waals surface area (Å²) in [5, 5.41) is 0. The van der Waals surface area contributed by atoms with E-state index in [4.69, 9.17) is 4.74 Å². The zero-order chi connectivity index (χ0) is 21.1. The predicted molar refractivity (Wildman–Crippen MR) is 114 cm³/mol. The van der Waals surface area contributed by atoms with Crippen molar-refractivity contribution >= 4 is 16.0 Å². The summed E-state index contributed by atoms with van der Waals surface area (Å²) in [7, 11) is -3.81. The summed E-state index contributed by atoms with van der Waals surface area (Å²) in [6, 6.07) is 26.0. The van der Waals surface area contributed by atoms with Crippen LogP contribution in [0.3, 0.4) is 0 Å². The normalized spacial score (nSPS) is 16.2. The molecule has 5 nitrogen and oxygen atoms in total. The molecule has 1 aliphatic heterocycles. The number of rotatable bonds is 6. The number of carbonyl (C=O) groups excluding carboxylic acids is 1. The topological polar surface area (TPSA) is 63.7 Å². The number of hydrogen-bond donors (Lipinski definition) is 0. The zero-order valence-electron chi connectivity index (χ0n) is 16.4. The van der Waals surface area contributed by atoms with Crippen molar-refractivity contribution in [2.75, 3.05) is 0 Å². The van der Waals surface area contributed by atoms with Crippen molar-refractivity contribution in [3.8, 4) is 0 Å². The summed E-state index contributed by atoms with van der Waals surface area (Å²) < 4.78 is 33.4. The molecule has 3 aromatic carbocycles. The van der Waals surface area contributed by atoms with Gasteiger partial charge in [-0.05, 0) is 30.2 Å². The highest BCUT2D eigenvalue weighted by Gasteiger charge is 2.47. The molecular weight excluding hydrogens is 398 g/mol. The standard InChI is InChI=1S/C24H21NO4S/c1-18-22(24(26)29-17-19-11-5-2-6-12-19)23(20-13-7-3-8-14-20)25(18)30(27,28)21-15-9-4-10-16-21/h2-16,23H,17H2,1H3. The van der Waals surface area contributed by atoms with Gasteiger partial charge in [-0.2, -0.15) is 0 Å². The molecule has 0 bridgehead atoms. The molecule has 1 atom stereocenters. The second-order valence-corrected chi connectivity index (χ2v) is 8.80. The van der Waals surface area contributed by atoms with Crippen LogP contribution in [0.1, 0.15) is 24.1 Å². The summed E-state index contributed by atoms with van der Waals surface area (Å²) in [6.07, 6.45) is 0. The van der Waals surface area contributed by atoms with Crippen LogP contribution in [0.15, 0.2) is 107 Å². The first-order chi connectivity index (χ1) is 14.5. The predicted octanol–water partition coefficient (Wildman–Crippen LogP) is 4.45. The number of benzene rings is 3. The second-order valence-electron chi connectivity index (χ2n) is 6.99. The van der Waals surface area contributed by atoms with Crippen molar-refractivity contribution in [2.24, 2.45) is 0 Å². The van der Waals surface area contributed by atoms with E-state index in [1.165, 1.54) is 4.31 Å². The lowest BCUT2D eigenvalue weighted by molar-refractivity contribution is -0.141.